The Bertz CT molecular complexity index is 1200. The molecule has 10 heteroatoms. The van der Waals surface area contributed by atoms with Crippen molar-refractivity contribution >= 4 is 64.6 Å². The number of fused-ring (bicyclic) bond motifs is 1. The lowest BCUT2D eigenvalue weighted by Crippen LogP contribution is -2.19. The number of aliphatic imine (C=N–C) groups is 2. The molecule has 0 spiro atoms. The van der Waals surface area contributed by atoms with Gasteiger partial charge in [-0.05, 0) is 29.8 Å². The van der Waals surface area contributed by atoms with Crippen molar-refractivity contribution in [3.63, 3.8) is 0 Å². The topological polar surface area (TPSA) is 109 Å². The Morgan fingerprint density at radius 1 is 1.03 bits per heavy atom. The zero-order chi connectivity index (χ0) is 22.9. The Labute approximate surface area is 194 Å². The second-order valence-electron chi connectivity index (χ2n) is 6.31. The van der Waals surface area contributed by atoms with Crippen molar-refractivity contribution in [2.75, 3.05) is 12.4 Å². The maximum Gasteiger partial charge on any atom is 0.253 e. The fourth-order valence-electron chi connectivity index (χ4n) is 2.62. The molecule has 0 radical (unpaired) electrons. The summed E-state index contributed by atoms with van der Waals surface area (Å²) in [6.45, 7) is 0. The highest BCUT2D eigenvalue weighted by Crippen LogP contribution is 2.25. The molecule has 0 unspecified atom stereocenters. The molecule has 3 aromatic rings. The third-order valence-corrected chi connectivity index (χ3v) is 4.61. The van der Waals surface area contributed by atoms with E-state index in [1.54, 1.807) is 43.7 Å². The van der Waals surface area contributed by atoms with Crippen molar-refractivity contribution in [1.82, 2.24) is 15.3 Å². The fourth-order valence-corrected chi connectivity index (χ4v) is 2.89. The third kappa shape index (κ3) is 6.19. The number of anilines is 2. The van der Waals surface area contributed by atoms with Crippen molar-refractivity contribution < 1.29 is 9.59 Å². The maximum atomic E-state index is 11.7. The molecule has 8 nitrogen and oxygen atoms in total. The van der Waals surface area contributed by atoms with E-state index in [1.807, 2.05) is 24.3 Å². The number of nitrogens with zero attached hydrogens (tertiary/aromatic N) is 4. The van der Waals surface area contributed by atoms with E-state index in [0.717, 1.165) is 11.3 Å². The highest BCUT2D eigenvalue weighted by Gasteiger charge is 2.11. The van der Waals surface area contributed by atoms with Gasteiger partial charge in [-0.3, -0.25) is 14.6 Å². The smallest absolute Gasteiger partial charge is 0.253 e. The van der Waals surface area contributed by atoms with Crippen molar-refractivity contribution in [2.24, 2.45) is 9.98 Å². The van der Waals surface area contributed by atoms with E-state index in [2.05, 4.69) is 30.6 Å². The van der Waals surface area contributed by atoms with Crippen LogP contribution in [-0.2, 0) is 4.79 Å². The van der Waals surface area contributed by atoms with E-state index in [4.69, 9.17) is 23.2 Å². The van der Waals surface area contributed by atoms with Gasteiger partial charge >= 0.3 is 0 Å². The summed E-state index contributed by atoms with van der Waals surface area (Å²) in [6, 6.07) is 14.6. The second kappa shape index (κ2) is 11.1. The number of hydrogen-bond donors (Lipinski definition) is 2. The maximum absolute atomic E-state index is 11.7. The van der Waals surface area contributed by atoms with E-state index in [1.165, 1.54) is 6.20 Å². The number of aromatic nitrogens is 2. The van der Waals surface area contributed by atoms with Crippen LogP contribution in [0.2, 0.25) is 10.3 Å². The molecule has 2 amide bonds. The first-order chi connectivity index (χ1) is 15.5. The summed E-state index contributed by atoms with van der Waals surface area (Å²) in [7, 11) is 1.56. The number of para-hydroxylation sites is 2. The number of carbonyl (C=O) groups excluding carboxylic acids is 2. The molecule has 1 aliphatic rings. The number of halogens is 2. The van der Waals surface area contributed by atoms with Gasteiger partial charge in [0.25, 0.3) is 11.8 Å². The Hall–Kier alpha value is -3.62. The number of benzene rings is 2. The van der Waals surface area contributed by atoms with Crippen LogP contribution in [0.5, 0.6) is 0 Å². The second-order valence-corrected chi connectivity index (χ2v) is 7.06. The zero-order valence-corrected chi connectivity index (χ0v) is 18.4. The van der Waals surface area contributed by atoms with E-state index in [9.17, 15) is 9.59 Å². The lowest BCUT2D eigenvalue weighted by Gasteiger charge is -2.11. The van der Waals surface area contributed by atoms with E-state index in [-0.39, 0.29) is 23.5 Å². The Morgan fingerprint density at radius 2 is 1.78 bits per heavy atom. The quantitative estimate of drug-likeness (QED) is 0.544. The van der Waals surface area contributed by atoms with Gasteiger partial charge < -0.3 is 10.6 Å². The summed E-state index contributed by atoms with van der Waals surface area (Å²) >= 11 is 11.7. The molecule has 0 saturated carbocycles. The molecule has 32 heavy (non-hydrogen) atoms. The van der Waals surface area contributed by atoms with Crippen molar-refractivity contribution in [1.29, 1.82) is 0 Å². The van der Waals surface area contributed by atoms with Gasteiger partial charge in [0.1, 0.15) is 5.02 Å². The highest BCUT2D eigenvalue weighted by atomic mass is 35.5. The molecule has 0 fully saturated rings. The van der Waals surface area contributed by atoms with E-state index >= 15 is 0 Å². The molecule has 0 bridgehead atoms. The molecule has 4 rings (SSSR count). The average Bonchev–Trinajstić information content (AvgIpc) is 2.79. The lowest BCUT2D eigenvalue weighted by molar-refractivity contribution is -0.116. The average molecular weight is 469 g/mol. The number of carbonyl (C=O) groups is 2. The molecule has 0 aliphatic carbocycles. The Kier molecular flexibility index (Phi) is 8.02. The van der Waals surface area contributed by atoms with Crippen LogP contribution < -0.4 is 10.6 Å². The molecular formula is C22H18Cl2N6O2. The van der Waals surface area contributed by atoms with Crippen LogP contribution in [0.15, 0.2) is 64.7 Å². The summed E-state index contributed by atoms with van der Waals surface area (Å²) < 4.78 is 0. The van der Waals surface area contributed by atoms with Gasteiger partial charge in [-0.1, -0.05) is 41.9 Å². The molecule has 1 aliphatic heterocycles. The summed E-state index contributed by atoms with van der Waals surface area (Å²) in [5.41, 5.74) is 2.81. The van der Waals surface area contributed by atoms with Crippen molar-refractivity contribution in [3.8, 4) is 0 Å². The van der Waals surface area contributed by atoms with Gasteiger partial charge in [-0.25, -0.2) is 9.98 Å². The van der Waals surface area contributed by atoms with Gasteiger partial charge in [0.2, 0.25) is 5.28 Å². The van der Waals surface area contributed by atoms with E-state index in [0.29, 0.717) is 22.1 Å². The normalized spacial score (nSPS) is 12.0. The number of hydrogen-bond acceptors (Lipinski definition) is 6. The van der Waals surface area contributed by atoms with Gasteiger partial charge in [0.15, 0.2) is 5.82 Å². The summed E-state index contributed by atoms with van der Waals surface area (Å²) in [5.74, 6) is -0.0179. The van der Waals surface area contributed by atoms with Crippen LogP contribution in [0.25, 0.3) is 0 Å². The van der Waals surface area contributed by atoms with E-state index < -0.39 is 0 Å². The van der Waals surface area contributed by atoms with Crippen molar-refractivity contribution in [2.45, 2.75) is 6.42 Å². The lowest BCUT2D eigenvalue weighted by atomic mass is 10.1. The minimum absolute atomic E-state index is 0.0734. The van der Waals surface area contributed by atoms with Crippen LogP contribution in [0, 0.1) is 0 Å². The first-order valence-corrected chi connectivity index (χ1v) is 10.2. The molecule has 2 aromatic carbocycles. The van der Waals surface area contributed by atoms with Crippen LogP contribution in [0.3, 0.4) is 0 Å². The molecule has 2 heterocycles. The molecular weight excluding hydrogens is 451 g/mol. The van der Waals surface area contributed by atoms with Crippen LogP contribution in [-0.4, -0.2) is 41.3 Å². The SMILES string of the molecule is CNC(=O)c1ccccc1Nc1nc(Cl)ncc1Cl.O=C1CC=Nc2ccccc2C=N1. The number of nitrogens with one attached hydrogen (secondary N) is 2. The van der Waals surface area contributed by atoms with Crippen molar-refractivity contribution in [3.05, 3.63) is 76.2 Å². The largest absolute Gasteiger partial charge is 0.355 e. The molecule has 1 aromatic heterocycles. The monoisotopic (exact) mass is 468 g/mol. The summed E-state index contributed by atoms with van der Waals surface area (Å²) in [4.78, 5) is 38.4. The molecule has 162 valence electrons. The van der Waals surface area contributed by atoms with Gasteiger partial charge in [0.05, 0.1) is 29.6 Å². The van der Waals surface area contributed by atoms with Crippen LogP contribution in [0.4, 0.5) is 17.2 Å². The molecule has 0 atom stereocenters. The fraction of sp³-hybridized carbons (Fsp3) is 0.0909. The number of rotatable bonds is 3. The van der Waals surface area contributed by atoms with Gasteiger partial charge in [-0.2, -0.15) is 4.98 Å². The zero-order valence-electron chi connectivity index (χ0n) is 16.9. The predicted octanol–water partition coefficient (Wildman–Crippen LogP) is 4.62. The molecule has 0 saturated heterocycles. The minimum Gasteiger partial charge on any atom is -0.355 e. The van der Waals surface area contributed by atoms with Gasteiger partial charge in [-0.15, -0.1) is 0 Å². The summed E-state index contributed by atoms with van der Waals surface area (Å²) in [6.07, 6.45) is 4.83. The Balaban J connectivity index is 0.000000193. The van der Waals surface area contributed by atoms with Gasteiger partial charge in [0, 0.05) is 25.0 Å². The van der Waals surface area contributed by atoms with Crippen LogP contribution in [0.1, 0.15) is 22.3 Å². The number of amides is 2. The Morgan fingerprint density at radius 3 is 2.59 bits per heavy atom. The first kappa shape index (κ1) is 23.1. The third-order valence-electron chi connectivity index (χ3n) is 4.15. The first-order valence-electron chi connectivity index (χ1n) is 9.42. The standard InChI is InChI=1S/C12H10Cl2N4O.C10H8N2O/c1-15-11(19)7-4-2-3-5-9(7)17-10-8(13)6-16-12(14)18-10;13-10-5-6-11-9-4-2-1-3-8(9)7-12-10/h2-6H,1H3,(H,15,19)(H,16,17,18);1-4,6-7H,5H2. The summed E-state index contributed by atoms with van der Waals surface area (Å²) in [5, 5.41) is 5.92. The van der Waals surface area contributed by atoms with Crippen LogP contribution >= 0.6 is 23.2 Å². The molecule has 2 N–H and O–H groups in total. The highest BCUT2D eigenvalue weighted by molar-refractivity contribution is 6.33. The minimum atomic E-state index is -0.209. The predicted molar refractivity (Wildman–Crippen MR) is 127 cm³/mol.